The van der Waals surface area contributed by atoms with E-state index in [2.05, 4.69) is 11.9 Å². The van der Waals surface area contributed by atoms with Crippen molar-refractivity contribution in [3.05, 3.63) is 35.4 Å². The summed E-state index contributed by atoms with van der Waals surface area (Å²) in [6.45, 7) is 0. The number of nitrogens with zero attached hydrogens (tertiary/aromatic N) is 1. The minimum Gasteiger partial charge on any atom is -0.385 e. The van der Waals surface area contributed by atoms with E-state index in [1.54, 1.807) is 0 Å². The molecule has 2 fully saturated rings. The molecule has 1 aromatic rings. The lowest BCUT2D eigenvalue weighted by atomic mass is 9.72. The highest BCUT2D eigenvalue weighted by molar-refractivity contribution is 5.27. The van der Waals surface area contributed by atoms with Crippen LogP contribution < -0.4 is 0 Å². The highest BCUT2D eigenvalue weighted by Gasteiger charge is 2.46. The molecule has 0 amide bonds. The van der Waals surface area contributed by atoms with Crippen LogP contribution in [0.2, 0.25) is 0 Å². The second-order valence-electron chi connectivity index (χ2n) is 5.97. The Morgan fingerprint density at radius 3 is 2.47 bits per heavy atom. The summed E-state index contributed by atoms with van der Waals surface area (Å²) < 4.78 is 27.3. The van der Waals surface area contributed by atoms with Gasteiger partial charge in [-0.05, 0) is 50.9 Å². The zero-order valence-corrected chi connectivity index (χ0v) is 11.1. The molecule has 0 radical (unpaired) electrons. The molecule has 2 unspecified atom stereocenters. The standard InChI is InChI=1S/C15H19F2NO/c1-18-11-3-2-4-12(18)9-15(19,8-11)13-7-10(16)5-6-14(13)17/h5-7,11-12,19H,2-4,8-9H2,1H3. The molecule has 2 heterocycles. The quantitative estimate of drug-likeness (QED) is 0.845. The van der Waals surface area contributed by atoms with Gasteiger partial charge in [0.15, 0.2) is 0 Å². The zero-order valence-electron chi connectivity index (χ0n) is 11.1. The van der Waals surface area contributed by atoms with Gasteiger partial charge in [-0.15, -0.1) is 0 Å². The van der Waals surface area contributed by atoms with E-state index in [4.69, 9.17) is 0 Å². The summed E-state index contributed by atoms with van der Waals surface area (Å²) >= 11 is 0. The molecular weight excluding hydrogens is 248 g/mol. The molecule has 1 N–H and O–H groups in total. The molecular formula is C15H19F2NO. The van der Waals surface area contributed by atoms with E-state index < -0.39 is 17.2 Å². The molecule has 2 aliphatic rings. The number of piperidine rings is 2. The molecule has 0 aromatic heterocycles. The molecule has 1 aromatic carbocycles. The predicted molar refractivity (Wildman–Crippen MR) is 68.7 cm³/mol. The molecule has 104 valence electrons. The number of aliphatic hydroxyl groups is 1. The van der Waals surface area contributed by atoms with Gasteiger partial charge in [0.1, 0.15) is 11.6 Å². The minimum atomic E-state index is -1.23. The average molecular weight is 267 g/mol. The number of rotatable bonds is 1. The molecule has 3 rings (SSSR count). The van der Waals surface area contributed by atoms with Crippen molar-refractivity contribution in [3.8, 4) is 0 Å². The lowest BCUT2D eigenvalue weighted by molar-refractivity contribution is -0.0893. The molecule has 2 bridgehead atoms. The van der Waals surface area contributed by atoms with Crippen LogP contribution in [0.15, 0.2) is 18.2 Å². The second-order valence-corrected chi connectivity index (χ2v) is 5.97. The number of halogens is 2. The first-order chi connectivity index (χ1) is 8.99. The maximum atomic E-state index is 13.9. The molecule has 2 nitrogen and oxygen atoms in total. The Morgan fingerprint density at radius 2 is 1.84 bits per heavy atom. The summed E-state index contributed by atoms with van der Waals surface area (Å²) in [4.78, 5) is 2.29. The Bertz CT molecular complexity index is 477. The summed E-state index contributed by atoms with van der Waals surface area (Å²) in [6.07, 6.45) is 4.17. The average Bonchev–Trinajstić information content (AvgIpc) is 2.34. The van der Waals surface area contributed by atoms with Crippen molar-refractivity contribution in [2.24, 2.45) is 0 Å². The van der Waals surface area contributed by atoms with Crippen LogP contribution in [0.4, 0.5) is 8.78 Å². The molecule has 0 aliphatic carbocycles. The molecule has 2 saturated heterocycles. The van der Waals surface area contributed by atoms with E-state index in [0.717, 1.165) is 37.5 Å². The monoisotopic (exact) mass is 267 g/mol. The molecule has 0 spiro atoms. The van der Waals surface area contributed by atoms with Gasteiger partial charge in [-0.25, -0.2) is 8.78 Å². The number of hydrogen-bond donors (Lipinski definition) is 1. The number of benzene rings is 1. The lowest BCUT2D eigenvalue weighted by Crippen LogP contribution is -2.55. The Labute approximate surface area is 112 Å². The van der Waals surface area contributed by atoms with Gasteiger partial charge >= 0.3 is 0 Å². The zero-order chi connectivity index (χ0) is 13.6. The smallest absolute Gasteiger partial charge is 0.129 e. The van der Waals surface area contributed by atoms with Crippen LogP contribution in [0.5, 0.6) is 0 Å². The first kappa shape index (κ1) is 13.0. The van der Waals surface area contributed by atoms with Crippen LogP contribution >= 0.6 is 0 Å². The third kappa shape index (κ3) is 2.17. The van der Waals surface area contributed by atoms with Crippen LogP contribution in [0.3, 0.4) is 0 Å². The Kier molecular flexibility index (Phi) is 3.10. The Balaban J connectivity index is 1.97. The fourth-order valence-corrected chi connectivity index (χ4v) is 3.72. The van der Waals surface area contributed by atoms with Crippen molar-refractivity contribution in [3.63, 3.8) is 0 Å². The van der Waals surface area contributed by atoms with E-state index >= 15 is 0 Å². The van der Waals surface area contributed by atoms with Crippen molar-refractivity contribution in [2.45, 2.75) is 49.8 Å². The minimum absolute atomic E-state index is 0.123. The van der Waals surface area contributed by atoms with Crippen molar-refractivity contribution in [1.29, 1.82) is 0 Å². The first-order valence-corrected chi connectivity index (χ1v) is 6.89. The van der Waals surface area contributed by atoms with E-state index in [-0.39, 0.29) is 17.6 Å². The Hall–Kier alpha value is -1.00. The third-order valence-electron chi connectivity index (χ3n) is 4.80. The van der Waals surface area contributed by atoms with Crippen molar-refractivity contribution < 1.29 is 13.9 Å². The van der Waals surface area contributed by atoms with Gasteiger partial charge in [-0.3, -0.25) is 0 Å². The van der Waals surface area contributed by atoms with Crippen LogP contribution in [0.25, 0.3) is 0 Å². The molecule has 2 atom stereocenters. The summed E-state index contributed by atoms with van der Waals surface area (Å²) in [5, 5.41) is 10.8. The Morgan fingerprint density at radius 1 is 1.21 bits per heavy atom. The summed E-state index contributed by atoms with van der Waals surface area (Å²) in [6, 6.07) is 3.88. The van der Waals surface area contributed by atoms with E-state index in [1.807, 2.05) is 0 Å². The van der Waals surface area contributed by atoms with Gasteiger partial charge in [-0.2, -0.15) is 0 Å². The van der Waals surface area contributed by atoms with Crippen LogP contribution in [-0.2, 0) is 5.60 Å². The van der Waals surface area contributed by atoms with Gasteiger partial charge in [0.25, 0.3) is 0 Å². The van der Waals surface area contributed by atoms with Gasteiger partial charge in [0, 0.05) is 17.6 Å². The van der Waals surface area contributed by atoms with E-state index in [1.165, 1.54) is 0 Å². The molecule has 0 saturated carbocycles. The van der Waals surface area contributed by atoms with Gasteiger partial charge in [0.2, 0.25) is 0 Å². The predicted octanol–water partition coefficient (Wildman–Crippen LogP) is 2.80. The number of hydrogen-bond acceptors (Lipinski definition) is 2. The van der Waals surface area contributed by atoms with Gasteiger partial charge in [0.05, 0.1) is 5.60 Å². The van der Waals surface area contributed by atoms with Crippen LogP contribution in [0.1, 0.15) is 37.7 Å². The molecule has 4 heteroatoms. The summed E-state index contributed by atoms with van der Waals surface area (Å²) in [5.41, 5.74) is -1.11. The third-order valence-corrected chi connectivity index (χ3v) is 4.80. The van der Waals surface area contributed by atoms with Crippen molar-refractivity contribution >= 4 is 0 Å². The van der Waals surface area contributed by atoms with Gasteiger partial charge in [-0.1, -0.05) is 6.42 Å². The van der Waals surface area contributed by atoms with Crippen LogP contribution in [0, 0.1) is 11.6 Å². The fraction of sp³-hybridized carbons (Fsp3) is 0.600. The summed E-state index contributed by atoms with van der Waals surface area (Å²) in [5.74, 6) is -1.000. The normalized spacial score (nSPS) is 35.4. The second kappa shape index (κ2) is 4.53. The number of fused-ring (bicyclic) bond motifs is 2. The topological polar surface area (TPSA) is 23.5 Å². The van der Waals surface area contributed by atoms with Crippen LogP contribution in [-0.4, -0.2) is 29.1 Å². The maximum Gasteiger partial charge on any atom is 0.129 e. The van der Waals surface area contributed by atoms with Crippen molar-refractivity contribution in [1.82, 2.24) is 4.90 Å². The first-order valence-electron chi connectivity index (χ1n) is 6.89. The van der Waals surface area contributed by atoms with Crippen molar-refractivity contribution in [2.75, 3.05) is 7.05 Å². The van der Waals surface area contributed by atoms with Gasteiger partial charge < -0.3 is 10.0 Å². The fourth-order valence-electron chi connectivity index (χ4n) is 3.72. The lowest BCUT2D eigenvalue weighted by Gasteiger charge is -2.50. The summed E-state index contributed by atoms with van der Waals surface area (Å²) in [7, 11) is 2.07. The SMILES string of the molecule is CN1C2CCCC1CC(O)(c1cc(F)ccc1F)C2. The highest BCUT2D eigenvalue weighted by atomic mass is 19.1. The van der Waals surface area contributed by atoms with E-state index in [0.29, 0.717) is 12.8 Å². The highest BCUT2D eigenvalue weighted by Crippen LogP contribution is 2.44. The molecule has 19 heavy (non-hydrogen) atoms. The molecule has 2 aliphatic heterocycles. The largest absolute Gasteiger partial charge is 0.385 e. The van der Waals surface area contributed by atoms with E-state index in [9.17, 15) is 13.9 Å². The maximum absolute atomic E-state index is 13.9.